The summed E-state index contributed by atoms with van der Waals surface area (Å²) in [7, 11) is 0. The summed E-state index contributed by atoms with van der Waals surface area (Å²) in [4.78, 5) is 4.15. The first-order valence-electron chi connectivity index (χ1n) is 7.19. The fourth-order valence-corrected chi connectivity index (χ4v) is 1.90. The average molecular weight is 290 g/mol. The minimum atomic E-state index is -0.578. The Morgan fingerprint density at radius 3 is 3.00 bits per heavy atom. The van der Waals surface area contributed by atoms with E-state index >= 15 is 0 Å². The molecule has 0 aliphatic rings. The van der Waals surface area contributed by atoms with Crippen molar-refractivity contribution in [3.8, 4) is 5.75 Å². The molecule has 0 amide bonds. The highest BCUT2D eigenvalue weighted by Crippen LogP contribution is 2.12. The molecule has 1 aromatic carbocycles. The van der Waals surface area contributed by atoms with Gasteiger partial charge in [0.25, 0.3) is 0 Å². The summed E-state index contributed by atoms with van der Waals surface area (Å²) < 4.78 is 11.0. The van der Waals surface area contributed by atoms with Crippen LogP contribution in [0.1, 0.15) is 24.1 Å². The summed E-state index contributed by atoms with van der Waals surface area (Å²) in [5, 5.41) is 13.0. The van der Waals surface area contributed by atoms with Gasteiger partial charge in [0.05, 0.1) is 12.7 Å². The van der Waals surface area contributed by atoms with Gasteiger partial charge >= 0.3 is 0 Å². The number of ether oxygens (including phenoxy) is 1. The largest absolute Gasteiger partial charge is 0.491 e. The standard InChI is InChI=1S/C16H22N2O3/c1-3-14-9-18-16(21-14)10-17-8-13(19)11-20-15-6-4-5-12(2)7-15/h4-7,9,13,17,19H,3,8,10-11H2,1-2H3. The number of aliphatic hydroxyl groups excluding tert-OH is 1. The predicted octanol–water partition coefficient (Wildman–Crippen LogP) is 2.07. The first-order chi connectivity index (χ1) is 10.2. The molecule has 1 unspecified atom stereocenters. The summed E-state index contributed by atoms with van der Waals surface area (Å²) in [5.74, 6) is 2.28. The second kappa shape index (κ2) is 7.81. The Morgan fingerprint density at radius 2 is 2.29 bits per heavy atom. The van der Waals surface area contributed by atoms with Gasteiger partial charge in [-0.15, -0.1) is 0 Å². The molecule has 5 heteroatoms. The Kier molecular flexibility index (Phi) is 5.78. The van der Waals surface area contributed by atoms with Gasteiger partial charge in [0, 0.05) is 13.0 Å². The van der Waals surface area contributed by atoms with Crippen LogP contribution in [0.25, 0.3) is 0 Å². The van der Waals surface area contributed by atoms with E-state index in [1.807, 2.05) is 38.1 Å². The molecule has 2 rings (SSSR count). The summed E-state index contributed by atoms with van der Waals surface area (Å²) in [5.41, 5.74) is 1.13. The van der Waals surface area contributed by atoms with Gasteiger partial charge in [0.2, 0.25) is 5.89 Å². The number of rotatable bonds is 8. The summed E-state index contributed by atoms with van der Waals surface area (Å²) in [6.45, 7) is 5.20. The van der Waals surface area contributed by atoms with Gasteiger partial charge in [-0.1, -0.05) is 19.1 Å². The molecule has 5 nitrogen and oxygen atoms in total. The third-order valence-electron chi connectivity index (χ3n) is 3.04. The number of hydrogen-bond acceptors (Lipinski definition) is 5. The molecule has 0 saturated heterocycles. The fourth-order valence-electron chi connectivity index (χ4n) is 1.90. The van der Waals surface area contributed by atoms with Crippen molar-refractivity contribution in [3.63, 3.8) is 0 Å². The molecule has 2 N–H and O–H groups in total. The van der Waals surface area contributed by atoms with E-state index in [1.165, 1.54) is 0 Å². The Labute approximate surface area is 125 Å². The van der Waals surface area contributed by atoms with Crippen molar-refractivity contribution in [1.82, 2.24) is 10.3 Å². The smallest absolute Gasteiger partial charge is 0.208 e. The Bertz CT molecular complexity index is 554. The lowest BCUT2D eigenvalue weighted by atomic mass is 10.2. The van der Waals surface area contributed by atoms with E-state index in [0.717, 1.165) is 23.5 Å². The van der Waals surface area contributed by atoms with Crippen LogP contribution in [0, 0.1) is 6.92 Å². The van der Waals surface area contributed by atoms with Crippen molar-refractivity contribution in [2.75, 3.05) is 13.2 Å². The first kappa shape index (κ1) is 15.5. The first-order valence-corrected chi connectivity index (χ1v) is 7.19. The summed E-state index contributed by atoms with van der Waals surface area (Å²) in [6.07, 6.45) is 1.99. The molecule has 0 aliphatic heterocycles. The van der Waals surface area contributed by atoms with Crippen LogP contribution in [-0.2, 0) is 13.0 Å². The molecule has 1 heterocycles. The average Bonchev–Trinajstić information content (AvgIpc) is 2.93. The monoisotopic (exact) mass is 290 g/mol. The van der Waals surface area contributed by atoms with Crippen LogP contribution in [0.4, 0.5) is 0 Å². The van der Waals surface area contributed by atoms with Gasteiger partial charge < -0.3 is 19.6 Å². The second-order valence-electron chi connectivity index (χ2n) is 4.99. The fraction of sp³-hybridized carbons (Fsp3) is 0.438. The third-order valence-corrected chi connectivity index (χ3v) is 3.04. The minimum absolute atomic E-state index is 0.252. The van der Waals surface area contributed by atoms with Crippen molar-refractivity contribution < 1.29 is 14.3 Å². The SMILES string of the molecule is CCc1cnc(CNCC(O)COc2cccc(C)c2)o1. The highest BCUT2D eigenvalue weighted by molar-refractivity contribution is 5.27. The van der Waals surface area contributed by atoms with Crippen LogP contribution >= 0.6 is 0 Å². The zero-order chi connectivity index (χ0) is 15.1. The van der Waals surface area contributed by atoms with E-state index in [9.17, 15) is 5.11 Å². The van der Waals surface area contributed by atoms with Crippen molar-refractivity contribution >= 4 is 0 Å². The molecule has 1 aromatic heterocycles. The van der Waals surface area contributed by atoms with Crippen LogP contribution in [0.2, 0.25) is 0 Å². The lowest BCUT2D eigenvalue weighted by Crippen LogP contribution is -2.31. The summed E-state index contributed by atoms with van der Waals surface area (Å²) >= 11 is 0. The number of aromatic nitrogens is 1. The van der Waals surface area contributed by atoms with Crippen molar-refractivity contribution in [2.24, 2.45) is 0 Å². The highest BCUT2D eigenvalue weighted by atomic mass is 16.5. The maximum absolute atomic E-state index is 9.87. The molecule has 2 aromatic rings. The topological polar surface area (TPSA) is 67.5 Å². The number of oxazole rings is 1. The number of nitrogens with one attached hydrogen (secondary N) is 1. The van der Waals surface area contributed by atoms with Crippen LogP contribution in [0.15, 0.2) is 34.9 Å². The molecule has 21 heavy (non-hydrogen) atoms. The summed E-state index contributed by atoms with van der Waals surface area (Å²) in [6, 6.07) is 7.76. The van der Waals surface area contributed by atoms with Crippen molar-refractivity contribution in [3.05, 3.63) is 47.7 Å². The Hall–Kier alpha value is -1.85. The van der Waals surface area contributed by atoms with Gasteiger partial charge in [-0.2, -0.15) is 0 Å². The van der Waals surface area contributed by atoms with Gasteiger partial charge in [0.15, 0.2) is 0 Å². The maximum Gasteiger partial charge on any atom is 0.208 e. The molecule has 1 atom stereocenters. The quantitative estimate of drug-likeness (QED) is 0.779. The number of hydrogen-bond donors (Lipinski definition) is 2. The predicted molar refractivity (Wildman–Crippen MR) is 80.3 cm³/mol. The number of nitrogens with zero attached hydrogens (tertiary/aromatic N) is 1. The van der Waals surface area contributed by atoms with Crippen LogP contribution in [0.5, 0.6) is 5.75 Å². The van der Waals surface area contributed by atoms with E-state index in [4.69, 9.17) is 9.15 Å². The highest BCUT2D eigenvalue weighted by Gasteiger charge is 2.07. The molecule has 0 aliphatic carbocycles. The second-order valence-corrected chi connectivity index (χ2v) is 4.99. The molecule has 0 saturated carbocycles. The van der Waals surface area contributed by atoms with Gasteiger partial charge in [-0.05, 0) is 24.6 Å². The van der Waals surface area contributed by atoms with Crippen LogP contribution in [0.3, 0.4) is 0 Å². The number of aryl methyl sites for hydroxylation is 2. The lowest BCUT2D eigenvalue weighted by molar-refractivity contribution is 0.105. The van der Waals surface area contributed by atoms with E-state index in [0.29, 0.717) is 19.0 Å². The van der Waals surface area contributed by atoms with E-state index in [1.54, 1.807) is 6.20 Å². The molecule has 0 radical (unpaired) electrons. The van der Waals surface area contributed by atoms with Gasteiger partial charge in [-0.3, -0.25) is 0 Å². The minimum Gasteiger partial charge on any atom is -0.491 e. The molecular formula is C16H22N2O3. The normalized spacial score (nSPS) is 12.3. The van der Waals surface area contributed by atoms with E-state index < -0.39 is 6.10 Å². The van der Waals surface area contributed by atoms with Crippen molar-refractivity contribution in [1.29, 1.82) is 0 Å². The maximum atomic E-state index is 9.87. The van der Waals surface area contributed by atoms with E-state index in [2.05, 4.69) is 10.3 Å². The molecule has 0 spiro atoms. The molecular weight excluding hydrogens is 268 g/mol. The third kappa shape index (κ3) is 5.21. The van der Waals surface area contributed by atoms with Crippen LogP contribution in [-0.4, -0.2) is 29.3 Å². The zero-order valence-corrected chi connectivity index (χ0v) is 12.5. The Morgan fingerprint density at radius 1 is 1.43 bits per heavy atom. The van der Waals surface area contributed by atoms with Crippen LogP contribution < -0.4 is 10.1 Å². The number of aliphatic hydroxyl groups is 1. The molecule has 114 valence electrons. The van der Waals surface area contributed by atoms with Crippen molar-refractivity contribution in [2.45, 2.75) is 32.9 Å². The van der Waals surface area contributed by atoms with E-state index in [-0.39, 0.29) is 6.61 Å². The van der Waals surface area contributed by atoms with Gasteiger partial charge in [0.1, 0.15) is 24.2 Å². The molecule has 0 bridgehead atoms. The van der Waals surface area contributed by atoms with Gasteiger partial charge in [-0.25, -0.2) is 4.98 Å². The Balaban J connectivity index is 1.66. The lowest BCUT2D eigenvalue weighted by Gasteiger charge is -2.13. The molecule has 0 fully saturated rings. The zero-order valence-electron chi connectivity index (χ0n) is 12.5. The number of benzene rings is 1.